The van der Waals surface area contributed by atoms with E-state index in [1.165, 1.54) is 30.4 Å². The summed E-state index contributed by atoms with van der Waals surface area (Å²) in [6, 6.07) is 8.11. The first-order valence-corrected chi connectivity index (χ1v) is 8.98. The van der Waals surface area contributed by atoms with Crippen LogP contribution in [0.3, 0.4) is 0 Å². The van der Waals surface area contributed by atoms with E-state index in [4.69, 9.17) is 25.3 Å². The summed E-state index contributed by atoms with van der Waals surface area (Å²) in [6.45, 7) is 9.55. The Labute approximate surface area is 171 Å². The molecule has 1 rings (SSSR count). The number of ether oxygens (including phenoxy) is 2. The maximum atomic E-state index is 9.28. The van der Waals surface area contributed by atoms with Crippen molar-refractivity contribution in [2.75, 3.05) is 0 Å². The fourth-order valence-corrected chi connectivity index (χ4v) is 2.74. The van der Waals surface area contributed by atoms with Crippen molar-refractivity contribution in [2.24, 2.45) is 11.8 Å². The number of nitriles is 4. The minimum absolute atomic E-state index is 0.255. The van der Waals surface area contributed by atoms with Gasteiger partial charge in [-0.05, 0) is 44.1 Å². The van der Waals surface area contributed by atoms with E-state index in [0.717, 1.165) is 0 Å². The minimum atomic E-state index is -0.383. The second-order valence-electron chi connectivity index (χ2n) is 6.42. The van der Waals surface area contributed by atoms with Crippen LogP contribution in [0.4, 0.5) is 0 Å². The molecule has 1 fully saturated rings. The van der Waals surface area contributed by atoms with Crippen molar-refractivity contribution in [2.45, 2.75) is 32.3 Å². The van der Waals surface area contributed by atoms with Crippen LogP contribution in [0.5, 0.6) is 0 Å². The summed E-state index contributed by atoms with van der Waals surface area (Å²) in [5.41, 5.74) is 0.698. The summed E-state index contributed by atoms with van der Waals surface area (Å²) in [7, 11) is 0. The molecule has 3 atom stereocenters. The average Bonchev–Trinajstić information content (AvgIpc) is 2.70. The monoisotopic (exact) mass is 386 g/mol. The smallest absolute Gasteiger partial charge is 0.168 e. The highest BCUT2D eigenvalue weighted by Crippen LogP contribution is 2.33. The first-order valence-electron chi connectivity index (χ1n) is 8.98. The molecule has 0 radical (unpaired) electrons. The molecule has 0 N–H and O–H groups in total. The second kappa shape index (κ2) is 12.4. The van der Waals surface area contributed by atoms with Gasteiger partial charge in [-0.3, -0.25) is 0 Å². The highest BCUT2D eigenvalue weighted by molar-refractivity contribution is 5.31. The lowest BCUT2D eigenvalue weighted by Crippen LogP contribution is -2.28. The summed E-state index contributed by atoms with van der Waals surface area (Å²) in [4.78, 5) is 0. The van der Waals surface area contributed by atoms with E-state index < -0.39 is 0 Å². The fraction of sp³-hybridized carbons (Fsp3) is 0.304. The Balaban J connectivity index is 2.99. The van der Waals surface area contributed by atoms with Crippen LogP contribution in [-0.4, -0.2) is 6.10 Å². The van der Waals surface area contributed by atoms with Crippen LogP contribution in [0.15, 0.2) is 72.5 Å². The Morgan fingerprint density at radius 3 is 2.28 bits per heavy atom. The maximum Gasteiger partial charge on any atom is 0.168 e. The number of rotatable bonds is 8. The van der Waals surface area contributed by atoms with Gasteiger partial charge >= 0.3 is 0 Å². The highest BCUT2D eigenvalue weighted by atomic mass is 16.5. The quantitative estimate of drug-likeness (QED) is 0.334. The Bertz CT molecular complexity index is 910. The first-order chi connectivity index (χ1) is 13.9. The molecule has 0 aliphatic heterocycles. The molecule has 0 bridgehead atoms. The van der Waals surface area contributed by atoms with Gasteiger partial charge in [-0.25, -0.2) is 0 Å². The van der Waals surface area contributed by atoms with Crippen molar-refractivity contribution in [3.8, 4) is 24.3 Å². The largest absolute Gasteiger partial charge is 0.487 e. The molecule has 3 unspecified atom stereocenters. The predicted octanol–water partition coefficient (Wildman–Crippen LogP) is 4.87. The van der Waals surface area contributed by atoms with Gasteiger partial charge in [0.15, 0.2) is 11.5 Å². The zero-order valence-corrected chi connectivity index (χ0v) is 16.3. The van der Waals surface area contributed by atoms with Crippen LogP contribution < -0.4 is 0 Å². The van der Waals surface area contributed by atoms with Crippen LogP contribution in [0.2, 0.25) is 0 Å². The van der Waals surface area contributed by atoms with E-state index in [0.29, 0.717) is 36.4 Å². The number of hydrogen-bond acceptors (Lipinski definition) is 6. The van der Waals surface area contributed by atoms with Gasteiger partial charge in [0.1, 0.15) is 11.9 Å². The van der Waals surface area contributed by atoms with Gasteiger partial charge < -0.3 is 9.47 Å². The SMILES string of the molecule is C=C(C)/C=C(/OC(/C=C/C#N)=C/C=C/C#N)C(=C)OC1CCC(C#N)C(C#N)C1. The zero-order chi connectivity index (χ0) is 21.6. The van der Waals surface area contributed by atoms with E-state index in [9.17, 15) is 5.26 Å². The first kappa shape index (κ1) is 23.0. The second-order valence-corrected chi connectivity index (χ2v) is 6.42. The average molecular weight is 386 g/mol. The molecule has 0 spiro atoms. The topological polar surface area (TPSA) is 114 Å². The van der Waals surface area contributed by atoms with E-state index in [1.54, 1.807) is 13.0 Å². The van der Waals surface area contributed by atoms with Gasteiger partial charge in [-0.1, -0.05) is 18.7 Å². The highest BCUT2D eigenvalue weighted by Gasteiger charge is 2.32. The van der Waals surface area contributed by atoms with Crippen molar-refractivity contribution in [3.05, 3.63) is 72.5 Å². The maximum absolute atomic E-state index is 9.28. The lowest BCUT2D eigenvalue weighted by atomic mass is 9.79. The molecule has 0 heterocycles. The molecule has 1 aliphatic rings. The van der Waals surface area contributed by atoms with Crippen molar-refractivity contribution in [3.63, 3.8) is 0 Å². The number of nitrogens with zero attached hydrogens (tertiary/aromatic N) is 4. The lowest BCUT2D eigenvalue weighted by Gasteiger charge is -2.30. The van der Waals surface area contributed by atoms with Gasteiger partial charge in [0.2, 0.25) is 0 Å². The van der Waals surface area contributed by atoms with Gasteiger partial charge in [0, 0.05) is 18.6 Å². The third kappa shape index (κ3) is 8.04. The van der Waals surface area contributed by atoms with Gasteiger partial charge in [-0.2, -0.15) is 21.0 Å². The van der Waals surface area contributed by atoms with E-state index in [2.05, 4.69) is 25.3 Å². The minimum Gasteiger partial charge on any atom is -0.487 e. The molecule has 1 aliphatic carbocycles. The molecule has 29 heavy (non-hydrogen) atoms. The lowest BCUT2D eigenvalue weighted by molar-refractivity contribution is 0.0551. The van der Waals surface area contributed by atoms with Crippen LogP contribution in [-0.2, 0) is 9.47 Å². The molecular weight excluding hydrogens is 364 g/mol. The van der Waals surface area contributed by atoms with E-state index in [1.807, 2.05) is 12.1 Å². The van der Waals surface area contributed by atoms with Crippen molar-refractivity contribution >= 4 is 0 Å². The third-order valence-electron chi connectivity index (χ3n) is 4.08. The Morgan fingerprint density at radius 1 is 1.00 bits per heavy atom. The molecule has 146 valence electrons. The number of allylic oxidation sites excluding steroid dienone is 7. The van der Waals surface area contributed by atoms with Gasteiger partial charge in [0.25, 0.3) is 0 Å². The van der Waals surface area contributed by atoms with Crippen molar-refractivity contribution in [1.82, 2.24) is 0 Å². The zero-order valence-electron chi connectivity index (χ0n) is 16.3. The molecule has 1 saturated carbocycles. The summed E-state index contributed by atoms with van der Waals surface area (Å²) in [6.07, 6.45) is 10.0. The van der Waals surface area contributed by atoms with Crippen LogP contribution in [0.1, 0.15) is 26.2 Å². The molecule has 0 amide bonds. The van der Waals surface area contributed by atoms with Crippen LogP contribution >= 0.6 is 0 Å². The molecule has 6 nitrogen and oxygen atoms in total. The molecule has 0 aromatic rings. The normalized spacial score (nSPS) is 22.2. The van der Waals surface area contributed by atoms with Crippen LogP contribution in [0.25, 0.3) is 0 Å². The summed E-state index contributed by atoms with van der Waals surface area (Å²) in [5, 5.41) is 35.8. The molecule has 0 aromatic heterocycles. The molecule has 6 heteroatoms. The molecular formula is C23H22N4O2. The van der Waals surface area contributed by atoms with Crippen molar-refractivity contribution < 1.29 is 9.47 Å². The summed E-state index contributed by atoms with van der Waals surface area (Å²) < 4.78 is 11.8. The standard InChI is InChI=1S/C23H22N4O2/c1-17(2)13-23(29-21(8-6-12-25)7-4-5-11-24)18(3)28-22-10-9-19(15-26)20(14-22)16-27/h4-8,13,19-20,22H,1,3,9-10,14H2,2H3/b5-4+,8-6+,21-7+,23-13+. The third-order valence-corrected chi connectivity index (χ3v) is 4.08. The summed E-state index contributed by atoms with van der Waals surface area (Å²) in [5.74, 6) is 0.190. The predicted molar refractivity (Wildman–Crippen MR) is 108 cm³/mol. The van der Waals surface area contributed by atoms with Gasteiger partial charge in [0.05, 0.1) is 36.1 Å². The molecule has 0 aromatic carbocycles. The van der Waals surface area contributed by atoms with E-state index >= 15 is 0 Å². The Kier molecular flexibility index (Phi) is 9.85. The Morgan fingerprint density at radius 2 is 1.69 bits per heavy atom. The van der Waals surface area contributed by atoms with Crippen molar-refractivity contribution in [1.29, 1.82) is 21.0 Å². The Hall–Kier alpha value is -4.00. The van der Waals surface area contributed by atoms with Gasteiger partial charge in [-0.15, -0.1) is 0 Å². The number of hydrogen-bond donors (Lipinski definition) is 0. The summed E-state index contributed by atoms with van der Waals surface area (Å²) >= 11 is 0. The van der Waals surface area contributed by atoms with Crippen LogP contribution in [0, 0.1) is 57.2 Å². The van der Waals surface area contributed by atoms with E-state index in [-0.39, 0.29) is 23.7 Å². The molecule has 0 saturated heterocycles. The fourth-order valence-electron chi connectivity index (χ4n) is 2.74.